The van der Waals surface area contributed by atoms with E-state index in [4.69, 9.17) is 14.6 Å². The molecule has 0 spiro atoms. The second kappa shape index (κ2) is 14.5. The number of alkyl carbamates (subject to hydrolysis) is 1. The van der Waals surface area contributed by atoms with Gasteiger partial charge in [0.15, 0.2) is 0 Å². The van der Waals surface area contributed by atoms with Crippen molar-refractivity contribution in [2.75, 3.05) is 39.9 Å². The lowest BCUT2D eigenvalue weighted by Crippen LogP contribution is -2.51. The summed E-state index contributed by atoms with van der Waals surface area (Å²) in [7, 11) is 1.85. The molecule has 0 aromatic heterocycles. The van der Waals surface area contributed by atoms with Crippen molar-refractivity contribution >= 4 is 12.1 Å². The van der Waals surface area contributed by atoms with E-state index in [0.717, 1.165) is 54.8 Å². The van der Waals surface area contributed by atoms with Crippen molar-refractivity contribution in [2.24, 2.45) is 46.3 Å². The predicted octanol–water partition coefficient (Wildman–Crippen LogP) is 6.59. The summed E-state index contributed by atoms with van der Waals surface area (Å²) < 4.78 is 11.0. The number of hydrogen-bond acceptors (Lipinski definition) is 6. The van der Waals surface area contributed by atoms with E-state index in [2.05, 4.69) is 46.0 Å². The third-order valence-corrected chi connectivity index (χ3v) is 12.1. The summed E-state index contributed by atoms with van der Waals surface area (Å²) >= 11 is 0. The first kappa shape index (κ1) is 33.3. The van der Waals surface area contributed by atoms with Crippen LogP contribution in [0.3, 0.4) is 0 Å². The summed E-state index contributed by atoms with van der Waals surface area (Å²) in [5.41, 5.74) is 2.21. The largest absolute Gasteiger partial charge is 0.463 e. The molecule has 4 aliphatic carbocycles. The third kappa shape index (κ3) is 7.54. The number of aliphatic hydroxyl groups is 1. The van der Waals surface area contributed by atoms with Gasteiger partial charge in [-0.1, -0.05) is 65.5 Å². The summed E-state index contributed by atoms with van der Waals surface area (Å²) in [5.74, 6) is 4.42. The monoisotopic (exact) mass is 588 g/mol. The van der Waals surface area contributed by atoms with E-state index >= 15 is 0 Å². The average Bonchev–Trinajstić information content (AvgIpc) is 3.29. The predicted molar refractivity (Wildman–Crippen MR) is 167 cm³/mol. The highest BCUT2D eigenvalue weighted by atomic mass is 16.6. The normalized spacial score (nSPS) is 34.7. The van der Waals surface area contributed by atoms with Crippen molar-refractivity contribution < 1.29 is 24.2 Å². The van der Waals surface area contributed by atoms with Crippen LogP contribution in [0.15, 0.2) is 11.6 Å². The quantitative estimate of drug-likeness (QED) is 0.186. The molecular weight excluding hydrogens is 528 g/mol. The van der Waals surface area contributed by atoms with Gasteiger partial charge < -0.3 is 24.8 Å². The highest BCUT2D eigenvalue weighted by Crippen LogP contribution is 2.67. The molecule has 3 saturated carbocycles. The molecule has 1 unspecified atom stereocenters. The number of allylic oxidation sites excluding steroid dienone is 1. The third-order valence-electron chi connectivity index (χ3n) is 12.1. The van der Waals surface area contributed by atoms with E-state index in [1.54, 1.807) is 0 Å². The van der Waals surface area contributed by atoms with Crippen LogP contribution in [0.1, 0.15) is 105 Å². The number of nitrogens with one attached hydrogen (secondary N) is 1. The number of fused-ring (bicyclic) bond motifs is 5. The van der Waals surface area contributed by atoms with Gasteiger partial charge in [0, 0.05) is 19.5 Å². The number of esters is 1. The molecule has 7 nitrogen and oxygen atoms in total. The summed E-state index contributed by atoms with van der Waals surface area (Å²) in [6.45, 7) is 13.6. The molecule has 3 fully saturated rings. The van der Waals surface area contributed by atoms with Crippen LogP contribution in [0.25, 0.3) is 0 Å². The second-order valence-electron chi connectivity index (χ2n) is 15.2. The van der Waals surface area contributed by atoms with Crippen molar-refractivity contribution in [1.82, 2.24) is 10.2 Å². The fourth-order valence-corrected chi connectivity index (χ4v) is 9.74. The number of nitrogens with zero attached hydrogens (tertiary/aromatic N) is 1. The first-order chi connectivity index (χ1) is 20.0. The first-order valence-corrected chi connectivity index (χ1v) is 17.1. The van der Waals surface area contributed by atoms with Crippen LogP contribution < -0.4 is 5.32 Å². The fourth-order valence-electron chi connectivity index (χ4n) is 9.74. The Bertz CT molecular complexity index is 952. The fraction of sp³-hybridized carbons (Fsp3) is 0.886. The number of carbonyl (C=O) groups is 2. The molecule has 0 bridgehead atoms. The molecule has 0 saturated heterocycles. The SMILES string of the molecule is CC(C)CCC[C@@H](C)[C@H]1CC[C@H]2[C@@H]3CC=C4CC(OC(=O)NCC(=O)OCCN(C)CCO)CC[C@]4(C)[C@H]3CC[C@]12C. The van der Waals surface area contributed by atoms with Crippen LogP contribution in [0.5, 0.6) is 0 Å². The Labute approximate surface area is 255 Å². The Balaban J connectivity index is 1.27. The van der Waals surface area contributed by atoms with Gasteiger partial charge in [0.1, 0.15) is 19.3 Å². The topological polar surface area (TPSA) is 88.1 Å². The van der Waals surface area contributed by atoms with Crippen LogP contribution in [0.2, 0.25) is 0 Å². The lowest BCUT2D eigenvalue weighted by atomic mass is 9.47. The number of likely N-dealkylation sites (N-methyl/N-ethyl adjacent to an activating group) is 1. The molecule has 0 aromatic carbocycles. The van der Waals surface area contributed by atoms with E-state index < -0.39 is 12.1 Å². The smallest absolute Gasteiger partial charge is 0.407 e. The Morgan fingerprint density at radius 1 is 1.07 bits per heavy atom. The Hall–Kier alpha value is -1.60. The Morgan fingerprint density at radius 3 is 2.60 bits per heavy atom. The highest BCUT2D eigenvalue weighted by molar-refractivity contribution is 5.77. The van der Waals surface area contributed by atoms with Gasteiger partial charge in [0.05, 0.1) is 6.61 Å². The zero-order valence-corrected chi connectivity index (χ0v) is 27.5. The molecule has 4 aliphatic rings. The number of carbonyl (C=O) groups excluding carboxylic acids is 2. The molecule has 8 atom stereocenters. The van der Waals surface area contributed by atoms with Gasteiger partial charge in [0.25, 0.3) is 0 Å². The minimum Gasteiger partial charge on any atom is -0.463 e. The van der Waals surface area contributed by atoms with Gasteiger partial charge in [-0.15, -0.1) is 0 Å². The molecule has 7 heteroatoms. The number of hydrogen-bond donors (Lipinski definition) is 2. The lowest BCUT2D eigenvalue weighted by molar-refractivity contribution is -0.142. The standard InChI is InChI=1S/C35H60N2O5/c1-24(2)8-7-9-25(3)29-12-13-30-28-11-10-26-22-27(14-16-34(26,4)31(28)15-17-35(29,30)5)42-33(40)36-23-32(39)41-21-19-37(6)18-20-38/h10,24-25,27-31,38H,7-9,11-23H2,1-6H3,(H,36,40)/t25-,27?,28+,29-,30+,31+,34+,35-/m1/s1. The summed E-state index contributed by atoms with van der Waals surface area (Å²) in [6.07, 6.45) is 15.5. The summed E-state index contributed by atoms with van der Waals surface area (Å²) in [6, 6.07) is 0. The van der Waals surface area contributed by atoms with Crippen LogP contribution in [0.4, 0.5) is 4.79 Å². The van der Waals surface area contributed by atoms with Gasteiger partial charge in [-0.3, -0.25) is 4.79 Å². The van der Waals surface area contributed by atoms with E-state index in [1.807, 2.05) is 11.9 Å². The van der Waals surface area contributed by atoms with E-state index in [9.17, 15) is 9.59 Å². The van der Waals surface area contributed by atoms with Crippen molar-refractivity contribution in [3.05, 3.63) is 11.6 Å². The minimum atomic E-state index is -0.541. The Kier molecular flexibility index (Phi) is 11.5. The van der Waals surface area contributed by atoms with Gasteiger partial charge in [-0.25, -0.2) is 4.79 Å². The van der Waals surface area contributed by atoms with Crippen molar-refractivity contribution in [1.29, 1.82) is 0 Å². The zero-order valence-electron chi connectivity index (χ0n) is 27.5. The van der Waals surface area contributed by atoms with E-state index in [-0.39, 0.29) is 31.3 Å². The van der Waals surface area contributed by atoms with Crippen LogP contribution in [0, 0.1) is 46.3 Å². The Morgan fingerprint density at radius 2 is 1.86 bits per heavy atom. The van der Waals surface area contributed by atoms with Gasteiger partial charge in [-0.2, -0.15) is 0 Å². The molecule has 0 radical (unpaired) electrons. The molecule has 0 aliphatic heterocycles. The van der Waals surface area contributed by atoms with Crippen molar-refractivity contribution in [2.45, 2.75) is 111 Å². The maximum absolute atomic E-state index is 12.5. The van der Waals surface area contributed by atoms with Gasteiger partial charge >= 0.3 is 12.1 Å². The van der Waals surface area contributed by atoms with Crippen LogP contribution in [-0.2, 0) is 14.3 Å². The van der Waals surface area contributed by atoms with E-state index in [0.29, 0.717) is 18.5 Å². The molecule has 240 valence electrons. The maximum Gasteiger partial charge on any atom is 0.407 e. The van der Waals surface area contributed by atoms with E-state index in [1.165, 1.54) is 56.9 Å². The molecule has 0 heterocycles. The number of aliphatic hydroxyl groups excluding tert-OH is 1. The summed E-state index contributed by atoms with van der Waals surface area (Å²) in [5, 5.41) is 11.5. The van der Waals surface area contributed by atoms with Gasteiger partial charge in [0.2, 0.25) is 0 Å². The van der Waals surface area contributed by atoms with Gasteiger partial charge in [-0.05, 0) is 98.3 Å². The van der Waals surface area contributed by atoms with Crippen molar-refractivity contribution in [3.63, 3.8) is 0 Å². The average molecular weight is 589 g/mol. The highest BCUT2D eigenvalue weighted by Gasteiger charge is 2.59. The number of amides is 1. The molecule has 42 heavy (non-hydrogen) atoms. The van der Waals surface area contributed by atoms with Crippen LogP contribution in [-0.4, -0.2) is 68.1 Å². The molecule has 2 N–H and O–H groups in total. The number of ether oxygens (including phenoxy) is 2. The summed E-state index contributed by atoms with van der Waals surface area (Å²) in [4.78, 5) is 26.4. The second-order valence-corrected chi connectivity index (χ2v) is 15.2. The molecule has 1 amide bonds. The minimum absolute atomic E-state index is 0.0643. The lowest BCUT2D eigenvalue weighted by Gasteiger charge is -2.58. The molecule has 4 rings (SSSR count). The maximum atomic E-state index is 12.5. The zero-order chi connectivity index (χ0) is 30.5. The van der Waals surface area contributed by atoms with Crippen molar-refractivity contribution in [3.8, 4) is 0 Å². The number of rotatable bonds is 13. The first-order valence-electron chi connectivity index (χ1n) is 17.1. The van der Waals surface area contributed by atoms with Crippen LogP contribution >= 0.6 is 0 Å². The molecular formula is C35H60N2O5. The molecule has 0 aromatic rings.